The summed E-state index contributed by atoms with van der Waals surface area (Å²) in [5, 5.41) is 14.8. The van der Waals surface area contributed by atoms with E-state index in [9.17, 15) is 9.18 Å². The number of nitrogens with one attached hydrogen (secondary N) is 1. The van der Waals surface area contributed by atoms with E-state index in [1.165, 1.54) is 29.5 Å². The first-order valence-electron chi connectivity index (χ1n) is 10.0. The van der Waals surface area contributed by atoms with E-state index >= 15 is 0 Å². The molecule has 0 spiro atoms. The Bertz CT molecular complexity index is 1430. The van der Waals surface area contributed by atoms with E-state index in [4.69, 9.17) is 4.42 Å². The van der Waals surface area contributed by atoms with Crippen molar-refractivity contribution in [3.63, 3.8) is 0 Å². The number of hydrogen-bond donors (Lipinski definition) is 1. The highest BCUT2D eigenvalue weighted by atomic mass is 19.1. The highest BCUT2D eigenvalue weighted by Crippen LogP contribution is 2.25. The first-order valence-corrected chi connectivity index (χ1v) is 10.0. The molecule has 0 saturated carbocycles. The quantitative estimate of drug-likeness (QED) is 0.426. The number of rotatable bonds is 5. The van der Waals surface area contributed by atoms with Crippen LogP contribution in [0.15, 0.2) is 83.8 Å². The maximum absolute atomic E-state index is 14.4. The lowest BCUT2D eigenvalue weighted by molar-refractivity contribution is 0.102. The second kappa shape index (κ2) is 8.46. The topological polar surface area (TPSA) is 98.7 Å². The number of halogens is 1. The Labute approximate surface area is 187 Å². The van der Waals surface area contributed by atoms with Gasteiger partial charge in [-0.2, -0.15) is 5.10 Å². The van der Waals surface area contributed by atoms with Crippen molar-refractivity contribution in [2.45, 2.75) is 6.92 Å². The minimum Gasteiger partial charge on any atom is -0.416 e. The zero-order valence-corrected chi connectivity index (χ0v) is 17.4. The van der Waals surface area contributed by atoms with Gasteiger partial charge < -0.3 is 9.73 Å². The predicted octanol–water partition coefficient (Wildman–Crippen LogP) is 4.68. The van der Waals surface area contributed by atoms with Crippen molar-refractivity contribution in [2.75, 3.05) is 5.32 Å². The zero-order valence-electron chi connectivity index (χ0n) is 17.4. The summed E-state index contributed by atoms with van der Waals surface area (Å²) in [6, 6.07) is 18.8. The molecule has 0 aliphatic rings. The van der Waals surface area contributed by atoms with Crippen molar-refractivity contribution in [1.82, 2.24) is 25.0 Å². The molecule has 0 unspecified atom stereocenters. The van der Waals surface area contributed by atoms with E-state index < -0.39 is 5.82 Å². The van der Waals surface area contributed by atoms with Crippen molar-refractivity contribution in [3.8, 4) is 28.6 Å². The van der Waals surface area contributed by atoms with Gasteiger partial charge in [-0.15, -0.1) is 10.2 Å². The van der Waals surface area contributed by atoms with Crippen LogP contribution in [-0.2, 0) is 0 Å². The first kappa shape index (κ1) is 20.3. The summed E-state index contributed by atoms with van der Waals surface area (Å²) in [5.74, 6) is -0.133. The maximum atomic E-state index is 14.4. The Kier molecular flexibility index (Phi) is 5.19. The average molecular weight is 440 g/mol. The Balaban J connectivity index is 1.30. The number of aryl methyl sites for hydroxylation is 1. The monoisotopic (exact) mass is 440 g/mol. The van der Waals surface area contributed by atoms with E-state index in [0.717, 1.165) is 11.1 Å². The van der Waals surface area contributed by atoms with Crippen LogP contribution in [0, 0.1) is 12.7 Å². The molecule has 0 atom stereocenters. The van der Waals surface area contributed by atoms with E-state index in [1.54, 1.807) is 30.3 Å². The van der Waals surface area contributed by atoms with Gasteiger partial charge >= 0.3 is 0 Å². The van der Waals surface area contributed by atoms with Gasteiger partial charge in [-0.05, 0) is 61.5 Å². The Morgan fingerprint density at radius 1 is 0.970 bits per heavy atom. The molecule has 9 heteroatoms. The van der Waals surface area contributed by atoms with Gasteiger partial charge in [0.05, 0.1) is 0 Å². The molecule has 5 aromatic rings. The molecule has 3 aromatic carbocycles. The summed E-state index contributed by atoms with van der Waals surface area (Å²) in [4.78, 5) is 16.4. The Morgan fingerprint density at radius 2 is 1.76 bits per heavy atom. The molecule has 33 heavy (non-hydrogen) atoms. The maximum Gasteiger partial charge on any atom is 0.255 e. The zero-order chi connectivity index (χ0) is 22.8. The molecule has 1 amide bonds. The van der Waals surface area contributed by atoms with Crippen LogP contribution in [0.4, 0.5) is 10.1 Å². The van der Waals surface area contributed by atoms with Crippen LogP contribution in [0.1, 0.15) is 15.9 Å². The van der Waals surface area contributed by atoms with Gasteiger partial charge in [-0.25, -0.2) is 14.1 Å². The van der Waals surface area contributed by atoms with Gasteiger partial charge in [0.25, 0.3) is 5.91 Å². The summed E-state index contributed by atoms with van der Waals surface area (Å²) in [6.45, 7) is 1.99. The molecule has 0 aliphatic heterocycles. The second-order valence-corrected chi connectivity index (χ2v) is 7.32. The standard InChI is InChI=1S/C24H17FN6O2/c1-15-3-2-4-18(11-15)24-30-29-23(33-24)17-7-5-16(6-8-17)22(32)28-19-9-10-21(20(25)12-19)31-14-26-13-27-31/h2-14H,1H3,(H,28,32). The smallest absolute Gasteiger partial charge is 0.255 e. The molecule has 0 fully saturated rings. The fourth-order valence-corrected chi connectivity index (χ4v) is 3.31. The van der Waals surface area contributed by atoms with Crippen LogP contribution in [0.5, 0.6) is 0 Å². The largest absolute Gasteiger partial charge is 0.416 e. The van der Waals surface area contributed by atoms with Gasteiger partial charge in [0.15, 0.2) is 5.82 Å². The number of hydrogen-bond acceptors (Lipinski definition) is 6. The summed E-state index contributed by atoms with van der Waals surface area (Å²) in [6.07, 6.45) is 2.71. The predicted molar refractivity (Wildman–Crippen MR) is 119 cm³/mol. The molecular formula is C24H17FN6O2. The van der Waals surface area contributed by atoms with E-state index in [2.05, 4.69) is 25.6 Å². The summed E-state index contributed by atoms with van der Waals surface area (Å²) in [5.41, 5.74) is 3.58. The molecule has 0 aliphatic carbocycles. The molecule has 2 heterocycles. The lowest BCUT2D eigenvalue weighted by Gasteiger charge is -2.08. The molecule has 0 bridgehead atoms. The third-order valence-corrected chi connectivity index (χ3v) is 4.96. The fourth-order valence-electron chi connectivity index (χ4n) is 3.31. The van der Waals surface area contributed by atoms with E-state index in [0.29, 0.717) is 28.6 Å². The third kappa shape index (κ3) is 4.24. The van der Waals surface area contributed by atoms with Gasteiger partial charge in [0.1, 0.15) is 18.3 Å². The number of amides is 1. The highest BCUT2D eigenvalue weighted by Gasteiger charge is 2.13. The Morgan fingerprint density at radius 3 is 2.45 bits per heavy atom. The van der Waals surface area contributed by atoms with Crippen molar-refractivity contribution in [1.29, 1.82) is 0 Å². The number of aromatic nitrogens is 5. The molecule has 8 nitrogen and oxygen atoms in total. The summed E-state index contributed by atoms with van der Waals surface area (Å²) < 4.78 is 21.5. The number of carbonyl (C=O) groups excluding carboxylic acids is 1. The first-order chi connectivity index (χ1) is 16.1. The normalized spacial score (nSPS) is 10.8. The molecule has 0 radical (unpaired) electrons. The highest BCUT2D eigenvalue weighted by molar-refractivity contribution is 6.04. The van der Waals surface area contributed by atoms with Gasteiger partial charge in [0, 0.05) is 22.4 Å². The summed E-state index contributed by atoms with van der Waals surface area (Å²) in [7, 11) is 0. The minimum absolute atomic E-state index is 0.236. The number of benzene rings is 3. The molecule has 1 N–H and O–H groups in total. The van der Waals surface area contributed by atoms with E-state index in [1.807, 2.05) is 31.2 Å². The van der Waals surface area contributed by atoms with Crippen molar-refractivity contribution in [2.24, 2.45) is 0 Å². The van der Waals surface area contributed by atoms with Crippen LogP contribution in [0.25, 0.3) is 28.6 Å². The fraction of sp³-hybridized carbons (Fsp3) is 0.0417. The van der Waals surface area contributed by atoms with Crippen molar-refractivity contribution in [3.05, 3.63) is 96.3 Å². The molecule has 0 saturated heterocycles. The van der Waals surface area contributed by atoms with Crippen LogP contribution in [-0.4, -0.2) is 30.9 Å². The number of carbonyl (C=O) groups is 1. The van der Waals surface area contributed by atoms with Crippen LogP contribution < -0.4 is 5.32 Å². The van der Waals surface area contributed by atoms with Crippen LogP contribution in [0.2, 0.25) is 0 Å². The number of anilines is 1. The molecule has 5 rings (SSSR count). The SMILES string of the molecule is Cc1cccc(-c2nnc(-c3ccc(C(=O)Nc4ccc(-n5cncn5)c(F)c4)cc3)o2)c1. The van der Waals surface area contributed by atoms with Crippen molar-refractivity contribution < 1.29 is 13.6 Å². The van der Waals surface area contributed by atoms with E-state index in [-0.39, 0.29) is 11.6 Å². The van der Waals surface area contributed by atoms with Gasteiger partial charge in [-0.3, -0.25) is 4.79 Å². The minimum atomic E-state index is -0.533. The number of nitrogens with zero attached hydrogens (tertiary/aromatic N) is 5. The third-order valence-electron chi connectivity index (χ3n) is 4.96. The summed E-state index contributed by atoms with van der Waals surface area (Å²) >= 11 is 0. The van der Waals surface area contributed by atoms with Crippen molar-refractivity contribution >= 4 is 11.6 Å². The van der Waals surface area contributed by atoms with Gasteiger partial charge in [-0.1, -0.05) is 17.7 Å². The van der Waals surface area contributed by atoms with Crippen LogP contribution >= 0.6 is 0 Å². The van der Waals surface area contributed by atoms with Gasteiger partial charge in [0.2, 0.25) is 11.8 Å². The lowest BCUT2D eigenvalue weighted by Crippen LogP contribution is -2.12. The molecule has 2 aromatic heterocycles. The Hall–Kier alpha value is -4.66. The average Bonchev–Trinajstić information content (AvgIpc) is 3.52. The lowest BCUT2D eigenvalue weighted by atomic mass is 10.1. The second-order valence-electron chi connectivity index (χ2n) is 7.32. The molecular weight excluding hydrogens is 423 g/mol. The van der Waals surface area contributed by atoms with Crippen LogP contribution in [0.3, 0.4) is 0 Å². The molecule has 162 valence electrons.